The number of hydrogen-bond acceptors (Lipinski definition) is 3. The Bertz CT molecular complexity index is 1130. The van der Waals surface area contributed by atoms with Gasteiger partial charge in [0.1, 0.15) is 5.82 Å². The van der Waals surface area contributed by atoms with Crippen molar-refractivity contribution < 1.29 is 9.18 Å². The smallest absolute Gasteiger partial charge is 0.272 e. The summed E-state index contributed by atoms with van der Waals surface area (Å²) < 4.78 is 15.0. The minimum Gasteiger partial charge on any atom is -0.346 e. The van der Waals surface area contributed by atoms with Crippen molar-refractivity contribution >= 4 is 5.91 Å². The third kappa shape index (κ3) is 3.72. The normalized spacial score (nSPS) is 13.2. The molecule has 0 spiro atoms. The van der Waals surface area contributed by atoms with E-state index in [0.717, 1.165) is 53.9 Å². The van der Waals surface area contributed by atoms with E-state index < -0.39 is 0 Å². The van der Waals surface area contributed by atoms with Gasteiger partial charge in [-0.25, -0.2) is 9.07 Å². The lowest BCUT2D eigenvalue weighted by molar-refractivity contribution is 0.0944. The van der Waals surface area contributed by atoms with Crippen molar-refractivity contribution in [3.8, 4) is 5.69 Å². The van der Waals surface area contributed by atoms with Crippen LogP contribution in [0, 0.1) is 19.7 Å². The number of fused-ring (bicyclic) bond motifs is 1. The predicted octanol–water partition coefficient (Wildman–Crippen LogP) is 3.13. The van der Waals surface area contributed by atoms with E-state index in [2.05, 4.69) is 15.4 Å². The number of carbonyl (C=O) groups excluding carboxylic acids is 1. The molecule has 0 atom stereocenters. The number of amides is 1. The maximum atomic E-state index is 13.3. The third-order valence-corrected chi connectivity index (χ3v) is 5.39. The quantitative estimate of drug-likeness (QED) is 0.714. The highest BCUT2D eigenvalue weighted by molar-refractivity contribution is 5.94. The second-order valence-electron chi connectivity index (χ2n) is 7.49. The molecule has 0 radical (unpaired) electrons. The SMILES string of the molecule is Cc1cc(C)c(CNC(=O)c2nn(-c3ccc(F)cc3)c3c2CCCC3)c(=O)[nH]1. The number of benzene rings is 1. The number of aromatic amines is 1. The van der Waals surface area contributed by atoms with Crippen LogP contribution in [0.15, 0.2) is 35.1 Å². The van der Waals surface area contributed by atoms with Gasteiger partial charge in [0.15, 0.2) is 5.69 Å². The van der Waals surface area contributed by atoms with Gasteiger partial charge in [-0.3, -0.25) is 9.59 Å². The van der Waals surface area contributed by atoms with Crippen molar-refractivity contribution in [2.75, 3.05) is 0 Å². The molecule has 4 rings (SSSR count). The Morgan fingerprint density at radius 1 is 1.21 bits per heavy atom. The number of nitrogens with zero attached hydrogens (tertiary/aromatic N) is 2. The summed E-state index contributed by atoms with van der Waals surface area (Å²) in [5, 5.41) is 7.40. The number of H-pyrrole nitrogens is 1. The summed E-state index contributed by atoms with van der Waals surface area (Å²) in [6, 6.07) is 7.98. The Hall–Kier alpha value is -3.22. The standard InChI is InChI=1S/C22H23FN4O2/c1-13-11-14(2)25-21(28)18(13)12-24-22(29)20-17-5-3-4-6-19(17)27(26-20)16-9-7-15(23)8-10-16/h7-11H,3-6,12H2,1-2H3,(H,24,29)(H,25,28). The van der Waals surface area contributed by atoms with Gasteiger partial charge in [0.05, 0.1) is 5.69 Å². The van der Waals surface area contributed by atoms with Crippen molar-refractivity contribution in [3.05, 3.63) is 80.3 Å². The largest absolute Gasteiger partial charge is 0.346 e. The van der Waals surface area contributed by atoms with Gasteiger partial charge in [0.25, 0.3) is 11.5 Å². The second-order valence-corrected chi connectivity index (χ2v) is 7.49. The van der Waals surface area contributed by atoms with Gasteiger partial charge in [0.2, 0.25) is 0 Å². The van der Waals surface area contributed by atoms with Gasteiger partial charge in [-0.15, -0.1) is 0 Å². The third-order valence-electron chi connectivity index (χ3n) is 5.39. The highest BCUT2D eigenvalue weighted by atomic mass is 19.1. The van der Waals surface area contributed by atoms with Gasteiger partial charge in [0, 0.05) is 29.1 Å². The van der Waals surface area contributed by atoms with E-state index in [1.807, 2.05) is 19.9 Å². The lowest BCUT2D eigenvalue weighted by Crippen LogP contribution is -2.29. The van der Waals surface area contributed by atoms with Crippen LogP contribution in [0.4, 0.5) is 4.39 Å². The van der Waals surface area contributed by atoms with Gasteiger partial charge in [-0.1, -0.05) is 0 Å². The first-order valence-corrected chi connectivity index (χ1v) is 9.78. The molecule has 7 heteroatoms. The lowest BCUT2D eigenvalue weighted by atomic mass is 9.95. The number of hydrogen-bond donors (Lipinski definition) is 2. The van der Waals surface area contributed by atoms with E-state index in [1.165, 1.54) is 12.1 Å². The fourth-order valence-electron chi connectivity index (χ4n) is 3.93. The summed E-state index contributed by atoms with van der Waals surface area (Å²) in [7, 11) is 0. The number of pyridine rings is 1. The van der Waals surface area contributed by atoms with E-state index in [1.54, 1.807) is 16.8 Å². The molecule has 1 amide bonds. The molecule has 0 aliphatic heterocycles. The Morgan fingerprint density at radius 2 is 1.93 bits per heavy atom. The molecule has 0 unspecified atom stereocenters. The number of aromatic nitrogens is 3. The monoisotopic (exact) mass is 394 g/mol. The van der Waals surface area contributed by atoms with Crippen LogP contribution in [-0.2, 0) is 19.4 Å². The molecule has 0 fully saturated rings. The highest BCUT2D eigenvalue weighted by Crippen LogP contribution is 2.27. The van der Waals surface area contributed by atoms with Crippen LogP contribution in [0.25, 0.3) is 5.69 Å². The Labute approximate surface area is 167 Å². The van der Waals surface area contributed by atoms with E-state index in [4.69, 9.17) is 0 Å². The van der Waals surface area contributed by atoms with Crippen molar-refractivity contribution in [1.82, 2.24) is 20.1 Å². The van der Waals surface area contributed by atoms with Gasteiger partial charge in [-0.05, 0) is 75.4 Å². The molecular formula is C22H23FN4O2. The maximum absolute atomic E-state index is 13.3. The zero-order valence-corrected chi connectivity index (χ0v) is 16.5. The van der Waals surface area contributed by atoms with E-state index in [-0.39, 0.29) is 23.8 Å². The molecule has 1 aliphatic rings. The number of rotatable bonds is 4. The summed E-state index contributed by atoms with van der Waals surface area (Å²) in [4.78, 5) is 27.9. The van der Waals surface area contributed by atoms with E-state index >= 15 is 0 Å². The molecular weight excluding hydrogens is 371 g/mol. The average Bonchev–Trinajstić information content (AvgIpc) is 3.07. The molecule has 3 aromatic rings. The van der Waals surface area contributed by atoms with Crippen LogP contribution < -0.4 is 10.9 Å². The number of halogens is 1. The van der Waals surface area contributed by atoms with E-state index in [9.17, 15) is 14.0 Å². The van der Waals surface area contributed by atoms with E-state index in [0.29, 0.717) is 11.3 Å². The van der Waals surface area contributed by atoms with Gasteiger partial charge < -0.3 is 10.3 Å². The van der Waals surface area contributed by atoms with Gasteiger partial charge >= 0.3 is 0 Å². The van der Waals surface area contributed by atoms with Crippen molar-refractivity contribution in [3.63, 3.8) is 0 Å². The van der Waals surface area contributed by atoms with Crippen LogP contribution in [0.1, 0.15) is 51.4 Å². The fourth-order valence-corrected chi connectivity index (χ4v) is 3.93. The second kappa shape index (κ2) is 7.66. The molecule has 2 aromatic heterocycles. The van der Waals surface area contributed by atoms with Crippen molar-refractivity contribution in [2.24, 2.45) is 0 Å². The van der Waals surface area contributed by atoms with Crippen LogP contribution in [0.5, 0.6) is 0 Å². The first-order chi connectivity index (χ1) is 13.9. The molecule has 1 aliphatic carbocycles. The molecule has 29 heavy (non-hydrogen) atoms. The average molecular weight is 394 g/mol. The Balaban J connectivity index is 1.64. The molecule has 2 heterocycles. The summed E-state index contributed by atoms with van der Waals surface area (Å²) in [5.74, 6) is -0.616. The van der Waals surface area contributed by atoms with Crippen LogP contribution >= 0.6 is 0 Å². The van der Waals surface area contributed by atoms with Crippen molar-refractivity contribution in [2.45, 2.75) is 46.1 Å². The van der Waals surface area contributed by atoms with Crippen LogP contribution in [0.2, 0.25) is 0 Å². The molecule has 1 aromatic carbocycles. The number of nitrogens with one attached hydrogen (secondary N) is 2. The lowest BCUT2D eigenvalue weighted by Gasteiger charge is -2.14. The summed E-state index contributed by atoms with van der Waals surface area (Å²) >= 11 is 0. The number of carbonyl (C=O) groups is 1. The summed E-state index contributed by atoms with van der Waals surface area (Å²) in [5.41, 5.74) is 5.02. The molecule has 0 saturated heterocycles. The first kappa shape index (κ1) is 19.1. The van der Waals surface area contributed by atoms with Crippen LogP contribution in [0.3, 0.4) is 0 Å². The van der Waals surface area contributed by atoms with Gasteiger partial charge in [-0.2, -0.15) is 5.10 Å². The molecule has 0 saturated carbocycles. The molecule has 150 valence electrons. The maximum Gasteiger partial charge on any atom is 0.272 e. The topological polar surface area (TPSA) is 79.8 Å². The van der Waals surface area contributed by atoms with Crippen molar-refractivity contribution in [1.29, 1.82) is 0 Å². The Kier molecular flexibility index (Phi) is 5.05. The Morgan fingerprint density at radius 3 is 2.66 bits per heavy atom. The van der Waals surface area contributed by atoms with Crippen LogP contribution in [-0.4, -0.2) is 20.7 Å². The number of aryl methyl sites for hydroxylation is 2. The summed E-state index contributed by atoms with van der Waals surface area (Å²) in [6.45, 7) is 3.82. The molecule has 0 bridgehead atoms. The zero-order chi connectivity index (χ0) is 20.5. The highest BCUT2D eigenvalue weighted by Gasteiger charge is 2.25. The summed E-state index contributed by atoms with van der Waals surface area (Å²) in [6.07, 6.45) is 3.63. The fraction of sp³-hybridized carbons (Fsp3) is 0.318. The zero-order valence-electron chi connectivity index (χ0n) is 16.5. The molecule has 6 nitrogen and oxygen atoms in total. The first-order valence-electron chi connectivity index (χ1n) is 9.78. The minimum absolute atomic E-state index is 0.137. The minimum atomic E-state index is -0.313. The molecule has 2 N–H and O–H groups in total. The predicted molar refractivity (Wildman–Crippen MR) is 108 cm³/mol.